The van der Waals surface area contributed by atoms with Gasteiger partial charge in [0.15, 0.2) is 0 Å². The Balaban J connectivity index is 3.54. The lowest BCUT2D eigenvalue weighted by Gasteiger charge is -1.95. The van der Waals surface area contributed by atoms with Gasteiger partial charge >= 0.3 is 0 Å². The molecule has 0 N–H and O–H groups in total. The standard InChI is InChI=1S/C5H9NO2S/c1-5(9(7)8)3-2-4-6/h5,9H,2-3H2,1H3. The minimum absolute atomic E-state index is 0.324. The summed E-state index contributed by atoms with van der Waals surface area (Å²) in [6.07, 6.45) is 0.777. The SMILES string of the molecule is CC(CCC#N)[SH](=O)=O. The van der Waals surface area contributed by atoms with E-state index in [1.165, 1.54) is 0 Å². The van der Waals surface area contributed by atoms with Crippen LogP contribution in [-0.4, -0.2) is 13.7 Å². The van der Waals surface area contributed by atoms with E-state index in [4.69, 9.17) is 5.26 Å². The molecule has 0 saturated carbocycles. The van der Waals surface area contributed by atoms with Gasteiger partial charge in [0.25, 0.3) is 0 Å². The first kappa shape index (κ1) is 8.44. The Kier molecular flexibility index (Phi) is 4.06. The monoisotopic (exact) mass is 147 g/mol. The van der Waals surface area contributed by atoms with Crippen LogP contribution in [0.2, 0.25) is 0 Å². The maximum atomic E-state index is 10.1. The summed E-state index contributed by atoms with van der Waals surface area (Å²) in [6, 6.07) is 1.89. The van der Waals surface area contributed by atoms with E-state index < -0.39 is 10.7 Å². The van der Waals surface area contributed by atoms with E-state index in [2.05, 4.69) is 0 Å². The highest BCUT2D eigenvalue weighted by Gasteiger charge is 2.01. The van der Waals surface area contributed by atoms with Gasteiger partial charge in [0.1, 0.15) is 10.7 Å². The third kappa shape index (κ3) is 3.98. The van der Waals surface area contributed by atoms with Crippen molar-refractivity contribution in [3.63, 3.8) is 0 Å². The molecule has 0 aliphatic rings. The Morgan fingerprint density at radius 1 is 1.67 bits per heavy atom. The molecule has 0 aromatic rings. The second kappa shape index (κ2) is 4.33. The Bertz CT molecular complexity index is 172. The van der Waals surface area contributed by atoms with Gasteiger partial charge in [-0.15, -0.1) is 0 Å². The second-order valence-corrected chi connectivity index (χ2v) is 3.28. The van der Waals surface area contributed by atoms with Crippen molar-refractivity contribution in [3.05, 3.63) is 0 Å². The number of thiol groups is 1. The van der Waals surface area contributed by atoms with Crippen molar-refractivity contribution in [1.29, 1.82) is 5.26 Å². The summed E-state index contributed by atoms with van der Waals surface area (Å²) in [7, 11) is -2.32. The van der Waals surface area contributed by atoms with Crippen molar-refractivity contribution in [2.75, 3.05) is 0 Å². The van der Waals surface area contributed by atoms with Crippen LogP contribution in [-0.2, 0) is 10.7 Å². The number of hydrogen-bond donors (Lipinski definition) is 1. The maximum absolute atomic E-state index is 10.1. The lowest BCUT2D eigenvalue weighted by molar-refractivity contribution is 0.598. The molecule has 0 spiro atoms. The topological polar surface area (TPSA) is 57.9 Å². The van der Waals surface area contributed by atoms with Gasteiger partial charge in [0, 0.05) is 6.42 Å². The molecule has 1 unspecified atom stereocenters. The summed E-state index contributed by atoms with van der Waals surface area (Å²) >= 11 is 0. The van der Waals surface area contributed by atoms with E-state index in [1.807, 2.05) is 6.07 Å². The molecule has 0 heterocycles. The second-order valence-electron chi connectivity index (χ2n) is 1.83. The van der Waals surface area contributed by atoms with Crippen molar-refractivity contribution < 1.29 is 8.42 Å². The first-order chi connectivity index (χ1) is 4.18. The van der Waals surface area contributed by atoms with Crippen LogP contribution in [0.3, 0.4) is 0 Å². The molecule has 0 aliphatic carbocycles. The highest BCUT2D eigenvalue weighted by Crippen LogP contribution is 1.97. The highest BCUT2D eigenvalue weighted by molar-refractivity contribution is 7.73. The maximum Gasteiger partial charge on any atom is 0.142 e. The minimum atomic E-state index is -2.32. The van der Waals surface area contributed by atoms with E-state index in [9.17, 15) is 8.42 Å². The third-order valence-corrected chi connectivity index (χ3v) is 2.01. The van der Waals surface area contributed by atoms with Crippen LogP contribution >= 0.6 is 0 Å². The summed E-state index contributed by atoms with van der Waals surface area (Å²) in [5, 5.41) is 7.70. The molecule has 0 radical (unpaired) electrons. The molecule has 0 amide bonds. The van der Waals surface area contributed by atoms with E-state index in [-0.39, 0.29) is 5.25 Å². The van der Waals surface area contributed by atoms with Gasteiger partial charge in [-0.2, -0.15) is 5.26 Å². The van der Waals surface area contributed by atoms with Gasteiger partial charge in [-0.1, -0.05) is 0 Å². The molecule has 4 heteroatoms. The quantitative estimate of drug-likeness (QED) is 0.584. The van der Waals surface area contributed by atoms with Gasteiger partial charge < -0.3 is 0 Å². The van der Waals surface area contributed by atoms with E-state index in [0.717, 1.165) is 0 Å². The normalized spacial score (nSPS) is 13.0. The lowest BCUT2D eigenvalue weighted by atomic mass is 10.3. The minimum Gasteiger partial charge on any atom is -0.232 e. The predicted octanol–water partition coefficient (Wildman–Crippen LogP) is 0.290. The van der Waals surface area contributed by atoms with Crippen LogP contribution in [0.1, 0.15) is 19.8 Å². The van der Waals surface area contributed by atoms with Crippen LogP contribution in [0.4, 0.5) is 0 Å². The van der Waals surface area contributed by atoms with Gasteiger partial charge in [0.2, 0.25) is 0 Å². The molecule has 0 saturated heterocycles. The first-order valence-electron chi connectivity index (χ1n) is 2.69. The van der Waals surface area contributed by atoms with Crippen LogP contribution in [0.5, 0.6) is 0 Å². The van der Waals surface area contributed by atoms with Crippen molar-refractivity contribution in [2.45, 2.75) is 25.0 Å². The summed E-state index contributed by atoms with van der Waals surface area (Å²) in [6.45, 7) is 1.60. The fourth-order valence-corrected chi connectivity index (χ4v) is 0.719. The lowest BCUT2D eigenvalue weighted by Crippen LogP contribution is -2.02. The average Bonchev–Trinajstić information content (AvgIpc) is 1.82. The largest absolute Gasteiger partial charge is 0.232 e. The number of rotatable bonds is 3. The van der Waals surface area contributed by atoms with E-state index in [1.54, 1.807) is 6.92 Å². The zero-order valence-electron chi connectivity index (χ0n) is 5.20. The Morgan fingerprint density at radius 2 is 2.22 bits per heavy atom. The average molecular weight is 147 g/mol. The molecule has 0 aliphatic heterocycles. The Hall–Kier alpha value is -0.560. The molecule has 0 aromatic heterocycles. The molecule has 0 fully saturated rings. The van der Waals surface area contributed by atoms with Gasteiger partial charge in [-0.05, 0) is 13.3 Å². The molecule has 52 valence electrons. The molecular formula is C5H9NO2S. The zero-order chi connectivity index (χ0) is 7.28. The van der Waals surface area contributed by atoms with E-state index in [0.29, 0.717) is 12.8 Å². The fourth-order valence-electron chi connectivity index (χ4n) is 0.379. The summed E-state index contributed by atoms with van der Waals surface area (Å²) in [5.74, 6) is 0. The smallest absolute Gasteiger partial charge is 0.142 e. The van der Waals surface area contributed by atoms with Gasteiger partial charge in [-0.25, -0.2) is 8.42 Å². The zero-order valence-corrected chi connectivity index (χ0v) is 6.10. The molecule has 0 bridgehead atoms. The molecule has 9 heavy (non-hydrogen) atoms. The highest BCUT2D eigenvalue weighted by atomic mass is 32.2. The van der Waals surface area contributed by atoms with Crippen LogP contribution in [0, 0.1) is 11.3 Å². The number of hydrogen-bond acceptors (Lipinski definition) is 3. The van der Waals surface area contributed by atoms with Crippen LogP contribution < -0.4 is 0 Å². The summed E-state index contributed by atoms with van der Waals surface area (Å²) < 4.78 is 20.3. The molecule has 0 rings (SSSR count). The van der Waals surface area contributed by atoms with Crippen molar-refractivity contribution in [3.8, 4) is 6.07 Å². The molecule has 1 atom stereocenters. The Labute approximate surface area is 56.2 Å². The van der Waals surface area contributed by atoms with Crippen LogP contribution in [0.25, 0.3) is 0 Å². The van der Waals surface area contributed by atoms with Gasteiger partial charge in [0.05, 0.1) is 11.3 Å². The Morgan fingerprint density at radius 3 is 2.56 bits per heavy atom. The summed E-state index contributed by atoms with van der Waals surface area (Å²) in [4.78, 5) is 0. The fraction of sp³-hybridized carbons (Fsp3) is 0.800. The summed E-state index contributed by atoms with van der Waals surface area (Å²) in [5.41, 5.74) is 0. The van der Waals surface area contributed by atoms with E-state index >= 15 is 0 Å². The predicted molar refractivity (Wildman–Crippen MR) is 34.6 cm³/mol. The number of nitriles is 1. The number of nitrogens with zero attached hydrogens (tertiary/aromatic N) is 1. The van der Waals surface area contributed by atoms with Crippen molar-refractivity contribution in [1.82, 2.24) is 0 Å². The first-order valence-corrected chi connectivity index (χ1v) is 3.93. The molecule has 3 nitrogen and oxygen atoms in total. The van der Waals surface area contributed by atoms with Crippen LogP contribution in [0.15, 0.2) is 0 Å². The molecular weight excluding hydrogens is 138 g/mol. The third-order valence-electron chi connectivity index (χ3n) is 1.03. The van der Waals surface area contributed by atoms with Gasteiger partial charge in [-0.3, -0.25) is 0 Å². The van der Waals surface area contributed by atoms with Crippen molar-refractivity contribution >= 4 is 10.7 Å². The van der Waals surface area contributed by atoms with Crippen molar-refractivity contribution in [2.24, 2.45) is 0 Å². The molecule has 0 aromatic carbocycles.